The summed E-state index contributed by atoms with van der Waals surface area (Å²) in [5.74, 6) is -0.689. The molecule has 230 valence electrons. The van der Waals surface area contributed by atoms with E-state index in [0.717, 1.165) is 66.7 Å². The van der Waals surface area contributed by atoms with Gasteiger partial charge in [0.1, 0.15) is 12.6 Å². The number of esters is 2. The summed E-state index contributed by atoms with van der Waals surface area (Å²) in [5.41, 5.74) is 11.0. The molecule has 0 radical (unpaired) electrons. The number of amides is 1. The number of benzene rings is 1. The highest BCUT2D eigenvalue weighted by atomic mass is 35.5. The Kier molecular flexibility index (Phi) is 11.0. The smallest absolute Gasteiger partial charge is 0.310 e. The Balaban J connectivity index is 0.00000484. The van der Waals surface area contributed by atoms with E-state index in [1.165, 1.54) is 6.92 Å². The molecule has 2 aliphatic rings. The van der Waals surface area contributed by atoms with E-state index in [1.54, 1.807) is 6.07 Å². The molecule has 4 rings (SSSR count). The van der Waals surface area contributed by atoms with Crippen molar-refractivity contribution >= 4 is 23.6 Å². The summed E-state index contributed by atoms with van der Waals surface area (Å²) in [7, 11) is 5.95. The SMILES string of the molecule is CC(=O)OC(CC(=O)OC1CCC(Cc2cc(-n3c(C)cc4c3CCCC4=O)ccc2C(N)=O)CC1)C[N+](C)(C)C.[Cl-]. The first kappa shape index (κ1) is 33.3. The maximum Gasteiger partial charge on any atom is 0.310 e. The highest BCUT2D eigenvalue weighted by Crippen LogP contribution is 2.33. The summed E-state index contributed by atoms with van der Waals surface area (Å²) in [6.45, 7) is 3.87. The van der Waals surface area contributed by atoms with Gasteiger partial charge < -0.3 is 36.7 Å². The number of nitrogens with two attached hydrogens (primary N) is 1. The lowest BCUT2D eigenvalue weighted by Gasteiger charge is -2.30. The molecule has 1 aromatic heterocycles. The molecular formula is C32H44ClN3O6. The van der Waals surface area contributed by atoms with Crippen LogP contribution in [0.4, 0.5) is 0 Å². The quantitative estimate of drug-likeness (QED) is 0.322. The second-order valence-electron chi connectivity index (χ2n) is 12.7. The average Bonchev–Trinajstić information content (AvgIpc) is 3.20. The predicted octanol–water partition coefficient (Wildman–Crippen LogP) is 1.08. The van der Waals surface area contributed by atoms with E-state index in [2.05, 4.69) is 4.57 Å². The number of primary amides is 1. The Morgan fingerprint density at radius 1 is 1.07 bits per heavy atom. The van der Waals surface area contributed by atoms with Crippen LogP contribution in [-0.4, -0.2) is 72.6 Å². The van der Waals surface area contributed by atoms with Gasteiger partial charge in [0.05, 0.1) is 27.6 Å². The van der Waals surface area contributed by atoms with Gasteiger partial charge >= 0.3 is 11.9 Å². The number of rotatable bonds is 10. The lowest BCUT2D eigenvalue weighted by atomic mass is 9.82. The zero-order valence-electron chi connectivity index (χ0n) is 25.4. The van der Waals surface area contributed by atoms with Crippen LogP contribution in [0.1, 0.15) is 89.5 Å². The summed E-state index contributed by atoms with van der Waals surface area (Å²) in [6, 6.07) is 7.72. The highest BCUT2D eigenvalue weighted by Gasteiger charge is 2.29. The number of carbonyl (C=O) groups is 4. The number of hydrogen-bond donors (Lipinski definition) is 1. The molecule has 9 nitrogen and oxygen atoms in total. The number of ketones is 1. The fraction of sp³-hybridized carbons (Fsp3) is 0.562. The van der Waals surface area contributed by atoms with Gasteiger partial charge in [-0.05, 0) is 87.6 Å². The summed E-state index contributed by atoms with van der Waals surface area (Å²) in [6.07, 6.45) is 5.52. The normalized spacial score (nSPS) is 19.3. The minimum absolute atomic E-state index is 0. The van der Waals surface area contributed by atoms with Crippen molar-refractivity contribution < 1.29 is 45.5 Å². The van der Waals surface area contributed by atoms with Crippen LogP contribution in [0, 0.1) is 12.8 Å². The van der Waals surface area contributed by atoms with Crippen LogP contribution in [-0.2, 0) is 31.9 Å². The zero-order chi connectivity index (χ0) is 29.9. The van der Waals surface area contributed by atoms with E-state index < -0.39 is 18.0 Å². The van der Waals surface area contributed by atoms with Gasteiger partial charge in [0.15, 0.2) is 11.9 Å². The van der Waals surface area contributed by atoms with E-state index in [4.69, 9.17) is 15.2 Å². The van der Waals surface area contributed by atoms with Crippen molar-refractivity contribution in [2.75, 3.05) is 27.7 Å². The number of hydrogen-bond acceptors (Lipinski definition) is 6. The molecule has 1 aromatic carbocycles. The predicted molar refractivity (Wildman–Crippen MR) is 155 cm³/mol. The number of aryl methyl sites for hydroxylation is 1. The summed E-state index contributed by atoms with van der Waals surface area (Å²) >= 11 is 0. The Bertz CT molecular complexity index is 1320. The van der Waals surface area contributed by atoms with Gasteiger partial charge in [-0.2, -0.15) is 0 Å². The van der Waals surface area contributed by atoms with Crippen LogP contribution in [0.25, 0.3) is 5.69 Å². The standard InChI is InChI=1S/C32H43N3O6.ClH/c1-20-15-28-29(7-6-8-30(28)37)34(20)24-11-14-27(32(33)39)23(17-24)16-22-9-12-25(13-10-22)41-31(38)18-26(40-21(2)36)19-35(3,4)5;/h11,14-15,17,22,25-26H,6-10,12-13,16,18-19H2,1-5H3,(H-,33,39);1H. The summed E-state index contributed by atoms with van der Waals surface area (Å²) in [4.78, 5) is 49.0. The number of quaternary nitrogens is 1. The van der Waals surface area contributed by atoms with E-state index >= 15 is 0 Å². The second-order valence-corrected chi connectivity index (χ2v) is 12.7. The maximum atomic E-state index is 12.7. The summed E-state index contributed by atoms with van der Waals surface area (Å²) < 4.78 is 13.8. The fourth-order valence-electron chi connectivity index (χ4n) is 6.39. The first-order valence-electron chi connectivity index (χ1n) is 14.7. The highest BCUT2D eigenvalue weighted by molar-refractivity contribution is 5.99. The molecule has 10 heteroatoms. The van der Waals surface area contributed by atoms with Crippen LogP contribution in [0.15, 0.2) is 24.3 Å². The van der Waals surface area contributed by atoms with Crippen LogP contribution in [0.2, 0.25) is 0 Å². The molecule has 2 aliphatic carbocycles. The van der Waals surface area contributed by atoms with Gasteiger partial charge in [-0.15, -0.1) is 0 Å². The molecule has 1 fully saturated rings. The molecule has 0 bridgehead atoms. The monoisotopic (exact) mass is 601 g/mol. The van der Waals surface area contributed by atoms with Crippen molar-refractivity contribution in [3.05, 3.63) is 52.3 Å². The molecule has 1 unspecified atom stereocenters. The van der Waals surface area contributed by atoms with Gasteiger partial charge in [0.2, 0.25) is 5.91 Å². The third-order valence-electron chi connectivity index (χ3n) is 8.10. The van der Waals surface area contributed by atoms with Crippen LogP contribution >= 0.6 is 0 Å². The van der Waals surface area contributed by atoms with Crippen LogP contribution in [0.5, 0.6) is 0 Å². The van der Waals surface area contributed by atoms with E-state index in [0.29, 0.717) is 35.4 Å². The molecule has 0 aliphatic heterocycles. The van der Waals surface area contributed by atoms with Gasteiger partial charge in [0, 0.05) is 41.5 Å². The Morgan fingerprint density at radius 3 is 2.38 bits per heavy atom. The van der Waals surface area contributed by atoms with Gasteiger partial charge in [-0.1, -0.05) is 0 Å². The van der Waals surface area contributed by atoms with Gasteiger partial charge in [0.25, 0.3) is 0 Å². The third-order valence-corrected chi connectivity index (χ3v) is 8.10. The minimum atomic E-state index is -0.525. The van der Waals surface area contributed by atoms with Crippen molar-refractivity contribution in [1.29, 1.82) is 0 Å². The molecule has 42 heavy (non-hydrogen) atoms. The second kappa shape index (κ2) is 13.9. The minimum Gasteiger partial charge on any atom is -1.00 e. The van der Waals surface area contributed by atoms with Gasteiger partial charge in [-0.25, -0.2) is 0 Å². The number of likely N-dealkylation sites (N-methyl/N-ethyl adjacent to an activating group) is 1. The van der Waals surface area contributed by atoms with Crippen molar-refractivity contribution in [3.63, 3.8) is 0 Å². The molecular weight excluding hydrogens is 558 g/mol. The molecule has 1 heterocycles. The average molecular weight is 602 g/mol. The Hall–Kier alpha value is -3.17. The van der Waals surface area contributed by atoms with Crippen molar-refractivity contribution in [1.82, 2.24) is 4.57 Å². The molecule has 1 atom stereocenters. The lowest BCUT2D eigenvalue weighted by Crippen LogP contribution is -3.00. The van der Waals surface area contributed by atoms with Crippen LogP contribution in [0.3, 0.4) is 0 Å². The molecule has 0 saturated heterocycles. The largest absolute Gasteiger partial charge is 1.00 e. The number of fused-ring (bicyclic) bond motifs is 1. The van der Waals surface area contributed by atoms with Crippen molar-refractivity contribution in [3.8, 4) is 5.69 Å². The van der Waals surface area contributed by atoms with E-state index in [1.807, 2.05) is 46.3 Å². The number of carbonyl (C=O) groups excluding carboxylic acids is 4. The molecule has 1 saturated carbocycles. The topological polar surface area (TPSA) is 118 Å². The lowest BCUT2D eigenvalue weighted by molar-refractivity contribution is -0.873. The number of halogens is 1. The third kappa shape index (κ3) is 8.44. The molecule has 0 spiro atoms. The van der Waals surface area contributed by atoms with Gasteiger partial charge in [-0.3, -0.25) is 19.2 Å². The van der Waals surface area contributed by atoms with E-state index in [-0.39, 0.29) is 36.7 Å². The molecule has 2 aromatic rings. The first-order chi connectivity index (χ1) is 19.3. The van der Waals surface area contributed by atoms with E-state index in [9.17, 15) is 19.2 Å². The zero-order valence-corrected chi connectivity index (χ0v) is 26.2. The number of nitrogens with zero attached hydrogens (tertiary/aromatic N) is 2. The van der Waals surface area contributed by atoms with Crippen molar-refractivity contribution in [2.24, 2.45) is 11.7 Å². The molecule has 1 amide bonds. The fourth-order valence-corrected chi connectivity index (χ4v) is 6.39. The first-order valence-corrected chi connectivity index (χ1v) is 14.7. The maximum absolute atomic E-state index is 12.7. The number of Topliss-reactive ketones (excluding diaryl/α,β-unsaturated/α-hetero) is 1. The Labute approximate surface area is 254 Å². The number of ether oxygens (including phenoxy) is 2. The number of aromatic nitrogens is 1. The Morgan fingerprint density at radius 2 is 1.76 bits per heavy atom. The van der Waals surface area contributed by atoms with Crippen LogP contribution < -0.4 is 18.1 Å². The molecule has 2 N–H and O–H groups in total. The van der Waals surface area contributed by atoms with Crippen molar-refractivity contribution in [2.45, 2.75) is 83.8 Å². The summed E-state index contributed by atoms with van der Waals surface area (Å²) in [5, 5.41) is 0.